The predicted octanol–water partition coefficient (Wildman–Crippen LogP) is 5.00. The zero-order valence-electron chi connectivity index (χ0n) is 10.8. The van der Waals surface area contributed by atoms with Gasteiger partial charge in [-0.05, 0) is 36.0 Å². The second-order valence-corrected chi connectivity index (χ2v) is 7.39. The van der Waals surface area contributed by atoms with Crippen molar-refractivity contribution in [1.29, 1.82) is 0 Å². The molecule has 0 amide bonds. The van der Waals surface area contributed by atoms with Gasteiger partial charge >= 0.3 is 0 Å². The highest BCUT2D eigenvalue weighted by molar-refractivity contribution is 8.00. The van der Waals surface area contributed by atoms with Crippen LogP contribution in [0.25, 0.3) is 5.69 Å². The normalized spacial score (nSPS) is 10.7. The fourth-order valence-electron chi connectivity index (χ4n) is 1.69. The number of nitrogens with zero attached hydrogens (tertiary/aromatic N) is 3. The maximum atomic E-state index is 5.78. The van der Waals surface area contributed by atoms with Gasteiger partial charge in [-0.2, -0.15) is 0 Å². The van der Waals surface area contributed by atoms with Gasteiger partial charge in [0, 0.05) is 11.9 Å². The number of pyridine rings is 1. The first-order valence-electron chi connectivity index (χ1n) is 6.11. The predicted molar refractivity (Wildman–Crippen MR) is 91.1 cm³/mol. The number of hydrogen-bond donors (Lipinski definition) is 0. The topological polar surface area (TPSA) is 30.7 Å². The molecule has 21 heavy (non-hydrogen) atoms. The van der Waals surface area contributed by atoms with Crippen molar-refractivity contribution < 1.29 is 0 Å². The summed E-state index contributed by atoms with van der Waals surface area (Å²) in [6.07, 6.45) is 1.78. The fraction of sp³-hybridized carbons (Fsp3) is 0.0714. The number of halogens is 1. The van der Waals surface area contributed by atoms with Crippen molar-refractivity contribution in [2.24, 2.45) is 0 Å². The van der Waals surface area contributed by atoms with Gasteiger partial charge < -0.3 is 0 Å². The van der Waals surface area contributed by atoms with E-state index in [0.717, 1.165) is 25.3 Å². The van der Waals surface area contributed by atoms with Crippen LogP contribution in [0.2, 0.25) is 5.15 Å². The molecule has 0 aliphatic carbocycles. The standard InChI is InChI=1S/C14H10ClN3S3/c15-12-7-6-10(8-16-12)9-20-13-17-18(14(19)21-13)11-4-2-1-3-5-11/h1-8H,9H2. The quantitative estimate of drug-likeness (QED) is 0.376. The Morgan fingerprint density at radius 2 is 2.00 bits per heavy atom. The van der Waals surface area contributed by atoms with Crippen molar-refractivity contribution in [1.82, 2.24) is 14.8 Å². The molecular weight excluding hydrogens is 342 g/mol. The van der Waals surface area contributed by atoms with E-state index in [-0.39, 0.29) is 0 Å². The molecule has 7 heteroatoms. The first-order chi connectivity index (χ1) is 10.2. The molecule has 0 aliphatic heterocycles. The Hall–Kier alpha value is -1.21. The largest absolute Gasteiger partial charge is 0.244 e. The fourth-order valence-corrected chi connectivity index (χ4v) is 4.10. The van der Waals surface area contributed by atoms with Crippen molar-refractivity contribution >= 4 is 46.9 Å². The zero-order valence-corrected chi connectivity index (χ0v) is 14.0. The van der Waals surface area contributed by atoms with Crippen LogP contribution in [0.15, 0.2) is 53.0 Å². The Labute approximate surface area is 140 Å². The molecule has 0 fully saturated rings. The first-order valence-corrected chi connectivity index (χ1v) is 8.70. The summed E-state index contributed by atoms with van der Waals surface area (Å²) in [6, 6.07) is 13.7. The monoisotopic (exact) mass is 351 g/mol. The van der Waals surface area contributed by atoms with E-state index in [4.69, 9.17) is 23.8 Å². The molecule has 0 unspecified atom stereocenters. The number of thioether (sulfide) groups is 1. The molecule has 2 heterocycles. The van der Waals surface area contributed by atoms with Crippen LogP contribution in [0, 0.1) is 3.95 Å². The van der Waals surface area contributed by atoms with Gasteiger partial charge in [-0.1, -0.05) is 59.0 Å². The summed E-state index contributed by atoms with van der Waals surface area (Å²) >= 11 is 14.3. The molecule has 3 rings (SSSR count). The van der Waals surface area contributed by atoms with Gasteiger partial charge in [0.2, 0.25) is 0 Å². The Morgan fingerprint density at radius 1 is 1.19 bits per heavy atom. The van der Waals surface area contributed by atoms with Gasteiger partial charge in [-0.15, -0.1) is 5.10 Å². The minimum absolute atomic E-state index is 0.507. The third-order valence-corrected chi connectivity index (χ3v) is 5.34. The van der Waals surface area contributed by atoms with Crippen LogP contribution in [-0.4, -0.2) is 14.8 Å². The summed E-state index contributed by atoms with van der Waals surface area (Å²) in [5.41, 5.74) is 2.09. The van der Waals surface area contributed by atoms with E-state index in [2.05, 4.69) is 10.1 Å². The van der Waals surface area contributed by atoms with Crippen LogP contribution < -0.4 is 0 Å². The summed E-state index contributed by atoms with van der Waals surface area (Å²) in [7, 11) is 0. The lowest BCUT2D eigenvalue weighted by Gasteiger charge is -1.99. The van der Waals surface area contributed by atoms with Gasteiger partial charge in [0.15, 0.2) is 8.29 Å². The maximum Gasteiger partial charge on any atom is 0.184 e. The van der Waals surface area contributed by atoms with Gasteiger partial charge in [0.05, 0.1) is 5.69 Å². The highest BCUT2D eigenvalue weighted by Crippen LogP contribution is 2.27. The maximum absolute atomic E-state index is 5.78. The summed E-state index contributed by atoms with van der Waals surface area (Å²) < 4.78 is 3.49. The van der Waals surface area contributed by atoms with Gasteiger partial charge in [-0.25, -0.2) is 9.67 Å². The average molecular weight is 352 g/mol. The van der Waals surface area contributed by atoms with E-state index < -0.39 is 0 Å². The van der Waals surface area contributed by atoms with Crippen molar-refractivity contribution in [3.05, 3.63) is 63.3 Å². The molecule has 3 nitrogen and oxygen atoms in total. The molecule has 0 saturated carbocycles. The number of hydrogen-bond acceptors (Lipinski definition) is 5. The summed E-state index contributed by atoms with van der Waals surface area (Å²) in [5.74, 6) is 0.793. The minimum atomic E-state index is 0.507. The lowest BCUT2D eigenvalue weighted by atomic mass is 10.3. The van der Waals surface area contributed by atoms with Crippen LogP contribution in [0.3, 0.4) is 0 Å². The number of aromatic nitrogens is 3. The van der Waals surface area contributed by atoms with Crippen LogP contribution in [0.5, 0.6) is 0 Å². The molecule has 0 aliphatic rings. The molecule has 106 valence electrons. The zero-order chi connectivity index (χ0) is 14.7. The number of benzene rings is 1. The SMILES string of the molecule is S=c1sc(SCc2ccc(Cl)nc2)nn1-c1ccccc1. The van der Waals surface area contributed by atoms with Crippen LogP contribution in [0.1, 0.15) is 5.56 Å². The second-order valence-electron chi connectivity index (χ2n) is 4.16. The third-order valence-electron chi connectivity index (χ3n) is 2.68. The number of para-hydroxylation sites is 1. The highest BCUT2D eigenvalue weighted by atomic mass is 35.5. The van der Waals surface area contributed by atoms with Gasteiger partial charge in [0.1, 0.15) is 5.15 Å². The highest BCUT2D eigenvalue weighted by Gasteiger charge is 2.06. The van der Waals surface area contributed by atoms with Crippen molar-refractivity contribution in [2.75, 3.05) is 0 Å². The molecule has 1 aromatic carbocycles. The Bertz CT molecular complexity index is 781. The van der Waals surface area contributed by atoms with Crippen LogP contribution in [0.4, 0.5) is 0 Å². The van der Waals surface area contributed by atoms with Gasteiger partial charge in [-0.3, -0.25) is 0 Å². The molecule has 2 aromatic heterocycles. The van der Waals surface area contributed by atoms with E-state index in [9.17, 15) is 0 Å². The lowest BCUT2D eigenvalue weighted by molar-refractivity contribution is 0.829. The van der Waals surface area contributed by atoms with Crippen molar-refractivity contribution in [3.63, 3.8) is 0 Å². The smallest absolute Gasteiger partial charge is 0.184 e. The summed E-state index contributed by atoms with van der Waals surface area (Å²) in [6.45, 7) is 0. The first kappa shape index (κ1) is 14.7. The Morgan fingerprint density at radius 3 is 2.71 bits per heavy atom. The molecule has 0 N–H and O–H groups in total. The van der Waals surface area contributed by atoms with Crippen LogP contribution >= 0.6 is 46.9 Å². The molecular formula is C14H10ClN3S3. The van der Waals surface area contributed by atoms with Crippen molar-refractivity contribution in [3.8, 4) is 5.69 Å². The van der Waals surface area contributed by atoms with Crippen LogP contribution in [-0.2, 0) is 5.75 Å². The van der Waals surface area contributed by atoms with E-state index >= 15 is 0 Å². The molecule has 0 atom stereocenters. The third kappa shape index (κ3) is 3.71. The molecule has 0 spiro atoms. The molecule has 0 saturated heterocycles. The van der Waals surface area contributed by atoms with Crippen molar-refractivity contribution in [2.45, 2.75) is 10.1 Å². The summed E-state index contributed by atoms with van der Waals surface area (Å²) in [5, 5.41) is 5.07. The Balaban J connectivity index is 1.76. The van der Waals surface area contributed by atoms with Gasteiger partial charge in [0.25, 0.3) is 0 Å². The van der Waals surface area contributed by atoms with E-state index in [1.807, 2.05) is 36.4 Å². The van der Waals surface area contributed by atoms with E-state index in [1.54, 1.807) is 28.7 Å². The molecule has 3 aromatic rings. The molecule has 0 radical (unpaired) electrons. The van der Waals surface area contributed by atoms with E-state index in [0.29, 0.717) is 5.15 Å². The average Bonchev–Trinajstić information content (AvgIpc) is 2.89. The Kier molecular flexibility index (Phi) is 4.70. The molecule has 0 bridgehead atoms. The number of rotatable bonds is 4. The minimum Gasteiger partial charge on any atom is -0.244 e. The lowest BCUT2D eigenvalue weighted by Crippen LogP contribution is -1.95. The second kappa shape index (κ2) is 6.70. The van der Waals surface area contributed by atoms with E-state index in [1.165, 1.54) is 11.3 Å². The summed E-state index contributed by atoms with van der Waals surface area (Å²) in [4.78, 5) is 4.07.